The third kappa shape index (κ3) is 7.48. The van der Waals surface area contributed by atoms with Crippen molar-refractivity contribution >= 4 is 17.4 Å². The lowest BCUT2D eigenvalue weighted by atomic mass is 10.0. The molecule has 2 fully saturated rings. The number of hydrogen-bond acceptors (Lipinski definition) is 7. The highest BCUT2D eigenvalue weighted by atomic mass is 32.2. The van der Waals surface area contributed by atoms with Crippen LogP contribution in [0.4, 0.5) is 27.6 Å². The second kappa shape index (κ2) is 14.0. The van der Waals surface area contributed by atoms with Gasteiger partial charge in [0.1, 0.15) is 6.17 Å². The standard InChI is InChI=1S/C32H39F5N6OS/c33-27-9-11-42(31(27)34)16-17-45-29-18-22(6-7-26(29)32(35,36)37)30-25-19-38-10-8-28(25)43(39-30)21-24(44)20-40-12-14-41(15-13-40)23-4-2-1-3-5-23/h1-7,18,24,27,31,38,44H,8-17,19-21H2. The minimum Gasteiger partial charge on any atom is -0.390 e. The molecule has 0 bridgehead atoms. The van der Waals surface area contributed by atoms with Gasteiger partial charge in [0.05, 0.1) is 23.9 Å². The van der Waals surface area contributed by atoms with Crippen LogP contribution in [0.5, 0.6) is 0 Å². The van der Waals surface area contributed by atoms with Crippen LogP contribution < -0.4 is 10.2 Å². The number of rotatable bonds is 10. The van der Waals surface area contributed by atoms with Crippen molar-refractivity contribution in [1.29, 1.82) is 0 Å². The molecule has 2 saturated heterocycles. The third-order valence-electron chi connectivity index (χ3n) is 8.89. The Kier molecular flexibility index (Phi) is 10.0. The van der Waals surface area contributed by atoms with Crippen molar-refractivity contribution in [3.8, 4) is 11.3 Å². The van der Waals surface area contributed by atoms with E-state index in [2.05, 4.69) is 27.2 Å². The molecule has 45 heavy (non-hydrogen) atoms. The number of piperazine rings is 1. The summed E-state index contributed by atoms with van der Waals surface area (Å²) in [7, 11) is 0. The predicted octanol–water partition coefficient (Wildman–Crippen LogP) is 4.83. The number of alkyl halides is 5. The number of hydrogen-bond donors (Lipinski definition) is 2. The van der Waals surface area contributed by atoms with Gasteiger partial charge in [-0.2, -0.15) is 18.3 Å². The van der Waals surface area contributed by atoms with Gasteiger partial charge >= 0.3 is 6.18 Å². The summed E-state index contributed by atoms with van der Waals surface area (Å²) in [6, 6.07) is 14.3. The molecule has 0 spiro atoms. The molecule has 244 valence electrons. The van der Waals surface area contributed by atoms with Gasteiger partial charge in [0.25, 0.3) is 0 Å². The average molecular weight is 651 g/mol. The van der Waals surface area contributed by atoms with Crippen molar-refractivity contribution in [2.24, 2.45) is 0 Å². The topological polar surface area (TPSA) is 59.8 Å². The Labute approximate surface area is 264 Å². The Hall–Kier alpha value is -2.71. The molecule has 1 aromatic heterocycles. The number of aromatic nitrogens is 2. The van der Waals surface area contributed by atoms with Crippen LogP contribution in [0.2, 0.25) is 0 Å². The summed E-state index contributed by atoms with van der Waals surface area (Å²) >= 11 is 0.996. The van der Waals surface area contributed by atoms with Crippen LogP contribution in [0.3, 0.4) is 0 Å². The molecule has 7 nitrogen and oxygen atoms in total. The van der Waals surface area contributed by atoms with Crippen LogP contribution in [-0.4, -0.2) is 101 Å². The van der Waals surface area contributed by atoms with Gasteiger partial charge in [0.2, 0.25) is 0 Å². The quantitative estimate of drug-likeness (QED) is 0.185. The number of nitrogens with one attached hydrogen (secondary N) is 1. The first-order valence-corrected chi connectivity index (χ1v) is 16.5. The minimum absolute atomic E-state index is 0.0353. The fraction of sp³-hybridized carbons (Fsp3) is 0.531. The largest absolute Gasteiger partial charge is 0.417 e. The number of aliphatic hydroxyl groups is 1. The second-order valence-electron chi connectivity index (χ2n) is 11.9. The number of fused-ring (bicyclic) bond motifs is 1. The van der Waals surface area contributed by atoms with E-state index >= 15 is 0 Å². The normalized spacial score (nSPS) is 22.1. The van der Waals surface area contributed by atoms with Gasteiger partial charge in [-0.3, -0.25) is 14.5 Å². The fourth-order valence-electron chi connectivity index (χ4n) is 6.50. The van der Waals surface area contributed by atoms with Gasteiger partial charge in [0, 0.05) is 98.5 Å². The predicted molar refractivity (Wildman–Crippen MR) is 166 cm³/mol. The van der Waals surface area contributed by atoms with Gasteiger partial charge in [-0.25, -0.2) is 8.78 Å². The van der Waals surface area contributed by atoms with E-state index in [0.717, 1.165) is 61.8 Å². The van der Waals surface area contributed by atoms with Gasteiger partial charge in [-0.15, -0.1) is 11.8 Å². The third-order valence-corrected chi connectivity index (χ3v) is 9.92. The maximum absolute atomic E-state index is 14.0. The van der Waals surface area contributed by atoms with Gasteiger partial charge < -0.3 is 15.3 Å². The van der Waals surface area contributed by atoms with Crippen molar-refractivity contribution in [2.75, 3.05) is 63.0 Å². The SMILES string of the molecule is OC(CN1CCN(c2ccccc2)CC1)Cn1nc(-c2ccc(C(F)(F)F)c(SCCN3CCC(F)C3F)c2)c2c1CCNC2. The Bertz CT molecular complexity index is 1430. The van der Waals surface area contributed by atoms with E-state index < -0.39 is 30.3 Å². The zero-order valence-corrected chi connectivity index (χ0v) is 25.8. The molecule has 3 aliphatic rings. The summed E-state index contributed by atoms with van der Waals surface area (Å²) in [4.78, 5) is 5.97. The zero-order valence-electron chi connectivity index (χ0n) is 25.0. The molecule has 0 saturated carbocycles. The number of β-amino-alcohol motifs (C(OH)–C–C–N with tert-alkyl or cyclic N) is 1. The molecule has 4 heterocycles. The van der Waals surface area contributed by atoms with E-state index in [1.165, 1.54) is 22.7 Å². The number of anilines is 1. The molecule has 6 rings (SSSR count). The first kappa shape index (κ1) is 32.2. The smallest absolute Gasteiger partial charge is 0.390 e. The van der Waals surface area contributed by atoms with E-state index in [9.17, 15) is 27.1 Å². The summed E-state index contributed by atoms with van der Waals surface area (Å²) in [5.74, 6) is 0.194. The molecule has 0 radical (unpaired) electrons. The highest BCUT2D eigenvalue weighted by Crippen LogP contribution is 2.40. The molecule has 3 unspecified atom stereocenters. The van der Waals surface area contributed by atoms with Crippen LogP contribution in [0.15, 0.2) is 53.4 Å². The maximum atomic E-state index is 14.0. The minimum atomic E-state index is -4.56. The lowest BCUT2D eigenvalue weighted by Crippen LogP contribution is -2.49. The Balaban J connectivity index is 1.15. The van der Waals surface area contributed by atoms with Crippen LogP contribution in [0.25, 0.3) is 11.3 Å². The molecule has 2 aromatic carbocycles. The van der Waals surface area contributed by atoms with Crippen LogP contribution in [0, 0.1) is 0 Å². The van der Waals surface area contributed by atoms with Crippen molar-refractivity contribution in [3.05, 3.63) is 65.4 Å². The second-order valence-corrected chi connectivity index (χ2v) is 13.1. The Morgan fingerprint density at radius 1 is 1.00 bits per heavy atom. The lowest BCUT2D eigenvalue weighted by molar-refractivity contribution is -0.139. The van der Waals surface area contributed by atoms with E-state index in [-0.39, 0.29) is 30.2 Å². The fourth-order valence-corrected chi connectivity index (χ4v) is 7.59. The summed E-state index contributed by atoms with van der Waals surface area (Å²) < 4.78 is 71.3. The number of benzene rings is 2. The molecule has 0 amide bonds. The van der Waals surface area contributed by atoms with E-state index in [1.807, 2.05) is 22.9 Å². The number of halogens is 5. The number of para-hydroxylation sites is 1. The van der Waals surface area contributed by atoms with E-state index in [0.29, 0.717) is 37.3 Å². The van der Waals surface area contributed by atoms with Crippen molar-refractivity contribution in [2.45, 2.75) is 55.6 Å². The first-order chi connectivity index (χ1) is 21.7. The van der Waals surface area contributed by atoms with E-state index in [4.69, 9.17) is 5.10 Å². The summed E-state index contributed by atoms with van der Waals surface area (Å²) in [5.41, 5.74) is 3.50. The summed E-state index contributed by atoms with van der Waals surface area (Å²) in [6.07, 6.45) is -7.69. The van der Waals surface area contributed by atoms with Crippen molar-refractivity contribution in [1.82, 2.24) is 24.9 Å². The van der Waals surface area contributed by atoms with Crippen molar-refractivity contribution < 1.29 is 27.1 Å². The number of likely N-dealkylation sites (tertiary alicyclic amines) is 1. The molecule has 3 atom stereocenters. The average Bonchev–Trinajstić information content (AvgIpc) is 3.56. The Morgan fingerprint density at radius 3 is 2.49 bits per heavy atom. The van der Waals surface area contributed by atoms with Gasteiger partial charge in [0.15, 0.2) is 6.30 Å². The highest BCUT2D eigenvalue weighted by Gasteiger charge is 2.36. The highest BCUT2D eigenvalue weighted by molar-refractivity contribution is 7.99. The molecule has 3 aromatic rings. The Morgan fingerprint density at radius 2 is 1.78 bits per heavy atom. The van der Waals surface area contributed by atoms with Crippen LogP contribution in [-0.2, 0) is 25.7 Å². The molecule has 3 aliphatic heterocycles. The first-order valence-electron chi connectivity index (χ1n) is 15.5. The number of aliphatic hydroxyl groups excluding tert-OH is 1. The molecule has 13 heteroatoms. The maximum Gasteiger partial charge on any atom is 0.417 e. The molecule has 2 N–H and O–H groups in total. The lowest BCUT2D eigenvalue weighted by Gasteiger charge is -2.37. The van der Waals surface area contributed by atoms with Gasteiger partial charge in [-0.05, 0) is 30.7 Å². The number of nitrogens with zero attached hydrogens (tertiary/aromatic N) is 5. The molecule has 0 aliphatic carbocycles. The van der Waals surface area contributed by atoms with Crippen LogP contribution in [0.1, 0.15) is 23.2 Å². The van der Waals surface area contributed by atoms with Crippen molar-refractivity contribution in [3.63, 3.8) is 0 Å². The van der Waals surface area contributed by atoms with Crippen LogP contribution >= 0.6 is 11.8 Å². The monoisotopic (exact) mass is 650 g/mol. The van der Waals surface area contributed by atoms with E-state index in [1.54, 1.807) is 0 Å². The van der Waals surface area contributed by atoms with Gasteiger partial charge in [-0.1, -0.05) is 24.3 Å². The number of thioether (sulfide) groups is 1. The molecular weight excluding hydrogens is 611 g/mol. The summed E-state index contributed by atoms with van der Waals surface area (Å²) in [6.45, 7) is 5.90. The zero-order chi connectivity index (χ0) is 31.6. The molecular formula is C32H39F5N6OS. The summed E-state index contributed by atoms with van der Waals surface area (Å²) in [5, 5.41) is 19.3.